The van der Waals surface area contributed by atoms with Gasteiger partial charge in [0.25, 0.3) is 0 Å². The fraction of sp³-hybridized carbons (Fsp3) is 0.333. The first-order valence-corrected chi connectivity index (χ1v) is 10.6. The summed E-state index contributed by atoms with van der Waals surface area (Å²) in [5, 5.41) is 12.9. The van der Waals surface area contributed by atoms with Gasteiger partial charge >= 0.3 is 0 Å². The first kappa shape index (κ1) is 18.7. The van der Waals surface area contributed by atoms with E-state index in [4.69, 9.17) is 4.74 Å². The molecule has 0 spiro atoms. The molecule has 0 aliphatic carbocycles. The van der Waals surface area contributed by atoms with Crippen LogP contribution in [0.2, 0.25) is 0 Å². The fourth-order valence-electron chi connectivity index (χ4n) is 3.08. The van der Waals surface area contributed by atoms with E-state index < -0.39 is 6.23 Å². The molecule has 1 aliphatic rings. The molecule has 0 bridgehead atoms. The maximum Gasteiger partial charge on any atom is 0.247 e. The van der Waals surface area contributed by atoms with Gasteiger partial charge in [-0.15, -0.1) is 10.2 Å². The topological polar surface area (TPSA) is 72.8 Å². The molecule has 1 aromatic carbocycles. The van der Waals surface area contributed by atoms with E-state index in [2.05, 4.69) is 32.4 Å². The number of thioether (sulfide) groups is 1. The van der Waals surface area contributed by atoms with Crippen LogP contribution in [-0.4, -0.2) is 25.9 Å². The fourth-order valence-corrected chi connectivity index (χ4v) is 3.86. The average Bonchev–Trinajstić information content (AvgIpc) is 2.91. The number of benzene rings is 1. The average molecular weight is 394 g/mol. The van der Waals surface area contributed by atoms with Gasteiger partial charge in [0.2, 0.25) is 11.0 Å². The summed E-state index contributed by atoms with van der Waals surface area (Å²) in [5.74, 6) is 1.48. The first-order chi connectivity index (χ1) is 13.8. The van der Waals surface area contributed by atoms with Crippen molar-refractivity contribution in [1.82, 2.24) is 20.2 Å². The smallest absolute Gasteiger partial charge is 0.247 e. The van der Waals surface area contributed by atoms with Crippen molar-refractivity contribution >= 4 is 17.4 Å². The van der Waals surface area contributed by atoms with Crippen molar-refractivity contribution < 1.29 is 4.74 Å². The second kappa shape index (κ2) is 9.01. The van der Waals surface area contributed by atoms with E-state index >= 15 is 0 Å². The molecule has 1 aliphatic heterocycles. The molecule has 1 atom stereocenters. The monoisotopic (exact) mass is 393 g/mol. The SMILES string of the molecule is CCCCCCSc1nnc2c(n1)OC(c1cccnc1)Nc1ccccc1-2. The quantitative estimate of drug-likeness (QED) is 0.442. The summed E-state index contributed by atoms with van der Waals surface area (Å²) in [6.07, 6.45) is 8.04. The number of hydrogen-bond donors (Lipinski definition) is 1. The van der Waals surface area contributed by atoms with E-state index in [1.807, 2.05) is 36.4 Å². The normalized spacial score (nSPS) is 15.0. The van der Waals surface area contributed by atoms with Gasteiger partial charge in [-0.2, -0.15) is 4.98 Å². The summed E-state index contributed by atoms with van der Waals surface area (Å²) in [6, 6.07) is 11.9. The molecule has 0 fully saturated rings. The molecule has 28 heavy (non-hydrogen) atoms. The zero-order valence-electron chi connectivity index (χ0n) is 15.8. The van der Waals surface area contributed by atoms with Crippen LogP contribution in [0.3, 0.4) is 0 Å². The van der Waals surface area contributed by atoms with Gasteiger partial charge < -0.3 is 10.1 Å². The molecular formula is C21H23N5OS. The van der Waals surface area contributed by atoms with Crippen LogP contribution in [0.4, 0.5) is 5.69 Å². The number of unbranched alkanes of at least 4 members (excludes halogenated alkanes) is 3. The summed E-state index contributed by atoms with van der Waals surface area (Å²) in [7, 11) is 0. The van der Waals surface area contributed by atoms with Gasteiger partial charge in [0, 0.05) is 35.0 Å². The summed E-state index contributed by atoms with van der Waals surface area (Å²) in [6.45, 7) is 2.22. The number of nitrogens with zero attached hydrogens (tertiary/aromatic N) is 4. The van der Waals surface area contributed by atoms with E-state index in [9.17, 15) is 0 Å². The van der Waals surface area contributed by atoms with E-state index in [0.29, 0.717) is 16.7 Å². The summed E-state index contributed by atoms with van der Waals surface area (Å²) < 4.78 is 6.23. The Labute approximate surface area is 169 Å². The molecule has 0 amide bonds. The van der Waals surface area contributed by atoms with Gasteiger partial charge in [0.15, 0.2) is 11.9 Å². The number of rotatable bonds is 7. The largest absolute Gasteiger partial charge is 0.448 e. The second-order valence-corrected chi connectivity index (χ2v) is 7.69. The van der Waals surface area contributed by atoms with E-state index in [0.717, 1.165) is 29.0 Å². The molecule has 0 radical (unpaired) electrons. The second-order valence-electron chi connectivity index (χ2n) is 6.63. The van der Waals surface area contributed by atoms with Crippen LogP contribution in [0.25, 0.3) is 11.3 Å². The molecule has 3 aromatic rings. The summed E-state index contributed by atoms with van der Waals surface area (Å²) >= 11 is 1.63. The number of fused-ring (bicyclic) bond motifs is 3. The van der Waals surface area contributed by atoms with Gasteiger partial charge in [-0.3, -0.25) is 4.98 Å². The molecule has 3 heterocycles. The number of nitrogens with one attached hydrogen (secondary N) is 1. The Morgan fingerprint density at radius 2 is 2.00 bits per heavy atom. The number of aromatic nitrogens is 4. The molecule has 4 rings (SSSR count). The van der Waals surface area contributed by atoms with Crippen LogP contribution in [0, 0.1) is 0 Å². The standard InChI is InChI=1S/C21H23N5OS/c1-2-3-4-7-13-28-21-24-20-18(25-26-21)16-10-5-6-11-17(16)23-19(27-20)15-9-8-12-22-14-15/h5-6,8-12,14,19,23H,2-4,7,13H2,1H3. The maximum atomic E-state index is 6.23. The lowest BCUT2D eigenvalue weighted by Gasteiger charge is -2.18. The van der Waals surface area contributed by atoms with Crippen LogP contribution < -0.4 is 10.1 Å². The third-order valence-electron chi connectivity index (χ3n) is 4.55. The lowest BCUT2D eigenvalue weighted by Crippen LogP contribution is -2.17. The molecule has 144 valence electrons. The predicted molar refractivity (Wildman–Crippen MR) is 111 cm³/mol. The lowest BCUT2D eigenvalue weighted by molar-refractivity contribution is 0.225. The molecule has 2 aromatic heterocycles. The molecule has 0 saturated carbocycles. The van der Waals surface area contributed by atoms with E-state index in [1.165, 1.54) is 19.3 Å². The Morgan fingerprint density at radius 3 is 2.86 bits per heavy atom. The van der Waals surface area contributed by atoms with Crippen molar-refractivity contribution in [3.05, 3.63) is 54.4 Å². The number of para-hydroxylation sites is 1. The van der Waals surface area contributed by atoms with Gasteiger partial charge in [-0.1, -0.05) is 62.2 Å². The van der Waals surface area contributed by atoms with Crippen LogP contribution in [-0.2, 0) is 0 Å². The minimum atomic E-state index is -0.393. The Bertz CT molecular complexity index is 922. The number of ether oxygens (including phenoxy) is 1. The zero-order chi connectivity index (χ0) is 19.2. The molecule has 7 heteroatoms. The molecule has 6 nitrogen and oxygen atoms in total. The molecular weight excluding hydrogens is 370 g/mol. The summed E-state index contributed by atoms with van der Waals surface area (Å²) in [4.78, 5) is 8.88. The number of pyridine rings is 1. The highest BCUT2D eigenvalue weighted by Gasteiger charge is 2.26. The van der Waals surface area contributed by atoms with Crippen LogP contribution in [0.15, 0.2) is 53.9 Å². The Kier molecular flexibility index (Phi) is 6.01. The van der Waals surface area contributed by atoms with Crippen molar-refractivity contribution in [1.29, 1.82) is 0 Å². The van der Waals surface area contributed by atoms with Gasteiger partial charge in [-0.25, -0.2) is 0 Å². The minimum absolute atomic E-state index is 0.393. The van der Waals surface area contributed by atoms with Gasteiger partial charge in [-0.05, 0) is 18.6 Å². The third kappa shape index (κ3) is 4.25. The van der Waals surface area contributed by atoms with Crippen molar-refractivity contribution in [2.45, 2.75) is 44.0 Å². The maximum absolute atomic E-state index is 6.23. The van der Waals surface area contributed by atoms with Crippen LogP contribution in [0.1, 0.15) is 44.4 Å². The highest BCUT2D eigenvalue weighted by Crippen LogP contribution is 2.39. The van der Waals surface area contributed by atoms with Gasteiger partial charge in [0.1, 0.15) is 0 Å². The Balaban J connectivity index is 1.62. The highest BCUT2D eigenvalue weighted by molar-refractivity contribution is 7.99. The predicted octanol–water partition coefficient (Wildman–Crippen LogP) is 5.11. The Hall–Kier alpha value is -2.67. The van der Waals surface area contributed by atoms with Crippen LogP contribution in [0.5, 0.6) is 5.88 Å². The van der Waals surface area contributed by atoms with E-state index in [-0.39, 0.29) is 0 Å². The molecule has 1 unspecified atom stereocenters. The first-order valence-electron chi connectivity index (χ1n) is 9.65. The zero-order valence-corrected chi connectivity index (χ0v) is 16.7. The minimum Gasteiger partial charge on any atom is -0.448 e. The number of anilines is 1. The molecule has 0 saturated heterocycles. The highest BCUT2D eigenvalue weighted by atomic mass is 32.2. The van der Waals surface area contributed by atoms with Gasteiger partial charge in [0.05, 0.1) is 0 Å². The lowest BCUT2D eigenvalue weighted by atomic mass is 10.1. The van der Waals surface area contributed by atoms with Crippen molar-refractivity contribution in [3.8, 4) is 17.1 Å². The van der Waals surface area contributed by atoms with Crippen LogP contribution >= 0.6 is 11.8 Å². The molecule has 1 N–H and O–H groups in total. The number of hydrogen-bond acceptors (Lipinski definition) is 7. The third-order valence-corrected chi connectivity index (χ3v) is 5.47. The van der Waals surface area contributed by atoms with Crippen molar-refractivity contribution in [2.24, 2.45) is 0 Å². The van der Waals surface area contributed by atoms with Crippen molar-refractivity contribution in [2.75, 3.05) is 11.1 Å². The Morgan fingerprint density at radius 1 is 1.07 bits per heavy atom. The summed E-state index contributed by atoms with van der Waals surface area (Å²) in [5.41, 5.74) is 3.46. The van der Waals surface area contributed by atoms with Crippen molar-refractivity contribution in [3.63, 3.8) is 0 Å². The van der Waals surface area contributed by atoms with E-state index in [1.54, 1.807) is 24.2 Å².